The van der Waals surface area contributed by atoms with Crippen molar-refractivity contribution in [3.63, 3.8) is 0 Å². The molecule has 0 spiro atoms. The Kier molecular flexibility index (Phi) is 7.46. The second-order valence-electron chi connectivity index (χ2n) is 7.33. The van der Waals surface area contributed by atoms with Crippen molar-refractivity contribution >= 4 is 34.8 Å². The Bertz CT molecular complexity index is 989. The molecule has 31 heavy (non-hydrogen) atoms. The van der Waals surface area contributed by atoms with Gasteiger partial charge in [0.2, 0.25) is 0 Å². The molecular formula is C22H24ClN3O5. The number of ether oxygens (including phenoxy) is 1. The molecule has 2 N–H and O–H groups in total. The molecule has 2 amide bonds. The van der Waals surface area contributed by atoms with E-state index in [2.05, 4.69) is 10.6 Å². The van der Waals surface area contributed by atoms with Crippen molar-refractivity contribution in [2.75, 3.05) is 11.9 Å². The fourth-order valence-corrected chi connectivity index (χ4v) is 3.77. The zero-order valence-corrected chi connectivity index (χ0v) is 17.9. The largest absolute Gasteiger partial charge is 0.487 e. The van der Waals surface area contributed by atoms with Gasteiger partial charge in [0.25, 0.3) is 11.8 Å². The van der Waals surface area contributed by atoms with Gasteiger partial charge in [0, 0.05) is 23.4 Å². The fraction of sp³-hybridized carbons (Fsp3) is 0.364. The standard InChI is InChI=1S/C22H24ClN3O5/c1-2-31-20-11-8-14(12-19(20)26(29)30)21(27)25-16-9-10-18(23)17(13-16)22(28)24-15-6-4-3-5-7-15/h8-13,15H,2-7H2,1H3,(H,24,28)(H,25,27). The van der Waals surface area contributed by atoms with Crippen LogP contribution >= 0.6 is 11.6 Å². The van der Waals surface area contributed by atoms with Crippen molar-refractivity contribution in [1.82, 2.24) is 5.32 Å². The van der Waals surface area contributed by atoms with Crippen LogP contribution in [0.5, 0.6) is 5.75 Å². The monoisotopic (exact) mass is 445 g/mol. The SMILES string of the molecule is CCOc1ccc(C(=O)Nc2ccc(Cl)c(C(=O)NC3CCCCC3)c2)cc1[N+](=O)[O-]. The summed E-state index contributed by atoms with van der Waals surface area (Å²) >= 11 is 6.20. The molecule has 3 rings (SSSR count). The first-order valence-corrected chi connectivity index (χ1v) is 10.6. The number of nitro benzene ring substituents is 1. The average molecular weight is 446 g/mol. The van der Waals surface area contributed by atoms with E-state index in [9.17, 15) is 19.7 Å². The van der Waals surface area contributed by atoms with E-state index >= 15 is 0 Å². The number of halogens is 1. The first-order valence-electron chi connectivity index (χ1n) is 10.2. The second-order valence-corrected chi connectivity index (χ2v) is 7.74. The number of nitrogens with zero attached hydrogens (tertiary/aromatic N) is 1. The molecule has 0 aliphatic heterocycles. The Balaban J connectivity index is 1.76. The van der Waals surface area contributed by atoms with Gasteiger partial charge in [0.05, 0.1) is 22.1 Å². The van der Waals surface area contributed by atoms with E-state index in [1.54, 1.807) is 13.0 Å². The molecule has 164 valence electrons. The van der Waals surface area contributed by atoms with Crippen LogP contribution in [-0.4, -0.2) is 29.4 Å². The van der Waals surface area contributed by atoms with Gasteiger partial charge in [-0.3, -0.25) is 19.7 Å². The molecule has 0 unspecified atom stereocenters. The van der Waals surface area contributed by atoms with Crippen LogP contribution in [0.25, 0.3) is 0 Å². The van der Waals surface area contributed by atoms with E-state index in [1.807, 2.05) is 0 Å². The zero-order chi connectivity index (χ0) is 22.4. The van der Waals surface area contributed by atoms with Crippen LogP contribution in [0.2, 0.25) is 5.02 Å². The molecule has 0 heterocycles. The maximum atomic E-state index is 12.7. The van der Waals surface area contributed by atoms with Gasteiger partial charge >= 0.3 is 5.69 Å². The number of carbonyl (C=O) groups excluding carboxylic acids is 2. The minimum absolute atomic E-state index is 0.0946. The van der Waals surface area contributed by atoms with Gasteiger partial charge in [0.15, 0.2) is 5.75 Å². The topological polar surface area (TPSA) is 111 Å². The summed E-state index contributed by atoms with van der Waals surface area (Å²) in [7, 11) is 0. The lowest BCUT2D eigenvalue weighted by molar-refractivity contribution is -0.385. The first-order chi connectivity index (χ1) is 14.9. The molecule has 2 aromatic rings. The fourth-order valence-electron chi connectivity index (χ4n) is 3.57. The Hall–Kier alpha value is -3.13. The number of benzene rings is 2. The minimum Gasteiger partial charge on any atom is -0.487 e. The third kappa shape index (κ3) is 5.73. The van der Waals surface area contributed by atoms with Crippen LogP contribution in [0.1, 0.15) is 59.7 Å². The molecule has 1 fully saturated rings. The van der Waals surface area contributed by atoms with Gasteiger partial charge < -0.3 is 15.4 Å². The van der Waals surface area contributed by atoms with Gasteiger partial charge in [-0.2, -0.15) is 0 Å². The third-order valence-corrected chi connectivity index (χ3v) is 5.46. The summed E-state index contributed by atoms with van der Waals surface area (Å²) in [6, 6.07) is 8.73. The molecule has 0 atom stereocenters. The molecule has 1 aliphatic carbocycles. The van der Waals surface area contributed by atoms with E-state index in [1.165, 1.54) is 30.7 Å². The molecule has 0 radical (unpaired) electrons. The predicted octanol–water partition coefficient (Wildman–Crippen LogP) is 4.96. The Morgan fingerprint density at radius 3 is 2.55 bits per heavy atom. The van der Waals surface area contributed by atoms with Gasteiger partial charge in [-0.05, 0) is 50.1 Å². The second kappa shape index (κ2) is 10.3. The van der Waals surface area contributed by atoms with Crippen LogP contribution < -0.4 is 15.4 Å². The normalized spacial score (nSPS) is 14.0. The summed E-state index contributed by atoms with van der Waals surface area (Å²) in [6.07, 6.45) is 5.23. The van der Waals surface area contributed by atoms with Crippen molar-refractivity contribution in [2.24, 2.45) is 0 Å². The van der Waals surface area contributed by atoms with Crippen LogP contribution in [-0.2, 0) is 0 Å². The quantitative estimate of drug-likeness (QED) is 0.462. The van der Waals surface area contributed by atoms with Gasteiger partial charge in [-0.25, -0.2) is 0 Å². The summed E-state index contributed by atoms with van der Waals surface area (Å²) in [5.74, 6) is -0.742. The number of amides is 2. The van der Waals surface area contributed by atoms with Crippen molar-refractivity contribution in [3.05, 3.63) is 62.7 Å². The zero-order valence-electron chi connectivity index (χ0n) is 17.2. The molecule has 0 saturated heterocycles. The van der Waals surface area contributed by atoms with Crippen molar-refractivity contribution < 1.29 is 19.2 Å². The molecule has 1 aliphatic rings. The van der Waals surface area contributed by atoms with E-state index in [-0.39, 0.29) is 46.1 Å². The molecule has 2 aromatic carbocycles. The number of hydrogen-bond donors (Lipinski definition) is 2. The number of rotatable bonds is 7. The number of hydrogen-bond acceptors (Lipinski definition) is 5. The van der Waals surface area contributed by atoms with Crippen LogP contribution in [0.4, 0.5) is 11.4 Å². The summed E-state index contributed by atoms with van der Waals surface area (Å²) in [4.78, 5) is 36.0. The van der Waals surface area contributed by atoms with Crippen LogP contribution in [0, 0.1) is 10.1 Å². The van der Waals surface area contributed by atoms with Crippen molar-refractivity contribution in [3.8, 4) is 5.75 Å². The first kappa shape index (κ1) is 22.6. The van der Waals surface area contributed by atoms with Gasteiger partial charge in [-0.1, -0.05) is 30.9 Å². The lowest BCUT2D eigenvalue weighted by Gasteiger charge is -2.23. The number of nitro groups is 1. The summed E-state index contributed by atoms with van der Waals surface area (Å²) in [6.45, 7) is 1.98. The number of nitrogens with one attached hydrogen (secondary N) is 2. The minimum atomic E-state index is -0.599. The smallest absolute Gasteiger partial charge is 0.311 e. The lowest BCUT2D eigenvalue weighted by Crippen LogP contribution is -2.36. The maximum Gasteiger partial charge on any atom is 0.311 e. The van der Waals surface area contributed by atoms with Crippen LogP contribution in [0.3, 0.4) is 0 Å². The van der Waals surface area contributed by atoms with E-state index in [0.29, 0.717) is 5.69 Å². The van der Waals surface area contributed by atoms with Gasteiger partial charge in [0.1, 0.15) is 0 Å². The molecule has 0 aromatic heterocycles. The maximum absolute atomic E-state index is 12.7. The van der Waals surface area contributed by atoms with Crippen molar-refractivity contribution in [1.29, 1.82) is 0 Å². The summed E-state index contributed by atoms with van der Waals surface area (Å²) in [5, 5.41) is 17.2. The highest BCUT2D eigenvalue weighted by molar-refractivity contribution is 6.34. The number of anilines is 1. The third-order valence-electron chi connectivity index (χ3n) is 5.13. The predicted molar refractivity (Wildman–Crippen MR) is 118 cm³/mol. The molecular weight excluding hydrogens is 422 g/mol. The van der Waals surface area contributed by atoms with Crippen LogP contribution in [0.15, 0.2) is 36.4 Å². The summed E-state index contributed by atoms with van der Waals surface area (Å²) in [5.41, 5.74) is 0.430. The highest BCUT2D eigenvalue weighted by Crippen LogP contribution is 2.29. The Morgan fingerprint density at radius 1 is 1.13 bits per heavy atom. The van der Waals surface area contributed by atoms with E-state index in [0.717, 1.165) is 31.7 Å². The molecule has 0 bridgehead atoms. The Labute approximate surface area is 185 Å². The molecule has 9 heteroatoms. The van der Waals surface area contributed by atoms with Crippen molar-refractivity contribution in [2.45, 2.75) is 45.1 Å². The highest BCUT2D eigenvalue weighted by atomic mass is 35.5. The lowest BCUT2D eigenvalue weighted by atomic mass is 9.95. The van der Waals surface area contributed by atoms with E-state index < -0.39 is 10.8 Å². The summed E-state index contributed by atoms with van der Waals surface area (Å²) < 4.78 is 5.24. The average Bonchev–Trinajstić information content (AvgIpc) is 2.76. The molecule has 8 nitrogen and oxygen atoms in total. The number of carbonyl (C=O) groups is 2. The highest BCUT2D eigenvalue weighted by Gasteiger charge is 2.21. The van der Waals surface area contributed by atoms with E-state index in [4.69, 9.17) is 16.3 Å². The molecule has 1 saturated carbocycles. The Morgan fingerprint density at radius 2 is 1.87 bits per heavy atom. The van der Waals surface area contributed by atoms with Gasteiger partial charge in [-0.15, -0.1) is 0 Å².